The van der Waals surface area contributed by atoms with Gasteiger partial charge in [0.15, 0.2) is 0 Å². The van der Waals surface area contributed by atoms with Gasteiger partial charge in [-0.05, 0) is 48.0 Å². The first-order valence-electron chi connectivity index (χ1n) is 9.97. The molecule has 32 heavy (non-hydrogen) atoms. The highest BCUT2D eigenvalue weighted by molar-refractivity contribution is 5.93. The van der Waals surface area contributed by atoms with Crippen LogP contribution in [0.2, 0.25) is 0 Å². The number of fused-ring (bicyclic) bond motifs is 1. The molecule has 0 fully saturated rings. The van der Waals surface area contributed by atoms with Gasteiger partial charge in [-0.15, -0.1) is 0 Å². The van der Waals surface area contributed by atoms with Gasteiger partial charge in [0, 0.05) is 41.7 Å². The molecule has 0 atom stereocenters. The highest BCUT2D eigenvalue weighted by atomic mass is 16.5. The number of benzene rings is 3. The Balaban J connectivity index is 1.69. The summed E-state index contributed by atoms with van der Waals surface area (Å²) < 4.78 is 10.9. The molecule has 0 aliphatic rings. The Morgan fingerprint density at radius 2 is 1.81 bits per heavy atom. The van der Waals surface area contributed by atoms with Crippen LogP contribution < -0.4 is 20.7 Å². The lowest BCUT2D eigenvalue weighted by Crippen LogP contribution is -2.18. The maximum Gasteiger partial charge on any atom is 0.338 e. The minimum Gasteiger partial charge on any atom is -0.496 e. The second-order valence-corrected chi connectivity index (χ2v) is 7.32. The lowest BCUT2D eigenvalue weighted by molar-refractivity contribution is 0.0706. The Bertz CT molecular complexity index is 1330. The van der Waals surface area contributed by atoms with E-state index in [9.17, 15) is 9.59 Å². The highest BCUT2D eigenvalue weighted by Crippen LogP contribution is 2.33. The Morgan fingerprint density at radius 3 is 2.53 bits per heavy atom. The van der Waals surface area contributed by atoms with Crippen molar-refractivity contribution in [3.63, 3.8) is 0 Å². The third kappa shape index (κ3) is 4.19. The molecule has 0 aliphatic heterocycles. The predicted molar refractivity (Wildman–Crippen MR) is 122 cm³/mol. The van der Waals surface area contributed by atoms with Crippen molar-refractivity contribution in [2.24, 2.45) is 0 Å². The number of amides is 1. The molecule has 0 saturated heterocycles. The van der Waals surface area contributed by atoms with Crippen LogP contribution in [0.25, 0.3) is 11.0 Å². The normalized spacial score (nSPS) is 10.7. The Labute approximate surface area is 184 Å². The van der Waals surface area contributed by atoms with Crippen molar-refractivity contribution >= 4 is 28.3 Å². The maximum atomic E-state index is 12.1. The Kier molecular flexibility index (Phi) is 5.91. The molecule has 1 heterocycles. The average molecular weight is 430 g/mol. The number of nitrogens with one attached hydrogen (secondary N) is 1. The zero-order valence-corrected chi connectivity index (χ0v) is 17.7. The quantitative estimate of drug-likeness (QED) is 0.270. The fourth-order valence-corrected chi connectivity index (χ4v) is 3.68. The first-order chi connectivity index (χ1) is 15.5. The summed E-state index contributed by atoms with van der Waals surface area (Å²) in [6.45, 7) is 0. The van der Waals surface area contributed by atoms with Crippen LogP contribution in [-0.4, -0.2) is 25.3 Å². The van der Waals surface area contributed by atoms with E-state index in [1.165, 1.54) is 6.07 Å². The third-order valence-electron chi connectivity index (χ3n) is 5.35. The number of carbonyl (C=O) groups excluding carboxylic acids is 1. The molecule has 0 unspecified atom stereocenters. The SMILES string of the molecule is COc1ccc(N(C)c2cc(=O)oc3ccccc23)cc1Cc1ccc(C(=O)NO)cc1. The van der Waals surface area contributed by atoms with Gasteiger partial charge in [0.25, 0.3) is 5.91 Å². The summed E-state index contributed by atoms with van der Waals surface area (Å²) in [6.07, 6.45) is 0.573. The lowest BCUT2D eigenvalue weighted by Gasteiger charge is -2.22. The molecule has 1 amide bonds. The average Bonchev–Trinajstić information content (AvgIpc) is 2.83. The van der Waals surface area contributed by atoms with E-state index < -0.39 is 11.5 Å². The van der Waals surface area contributed by atoms with Crippen molar-refractivity contribution in [3.8, 4) is 5.75 Å². The van der Waals surface area contributed by atoms with Crippen LogP contribution in [-0.2, 0) is 6.42 Å². The molecule has 3 aromatic carbocycles. The van der Waals surface area contributed by atoms with Crippen LogP contribution in [0.1, 0.15) is 21.5 Å². The number of methoxy groups -OCH3 is 1. The van der Waals surface area contributed by atoms with E-state index in [1.54, 1.807) is 30.8 Å². The second-order valence-electron chi connectivity index (χ2n) is 7.32. The molecule has 0 bridgehead atoms. The highest BCUT2D eigenvalue weighted by Gasteiger charge is 2.14. The summed E-state index contributed by atoms with van der Waals surface area (Å²) in [4.78, 5) is 25.6. The van der Waals surface area contributed by atoms with Gasteiger partial charge < -0.3 is 14.1 Å². The Morgan fingerprint density at radius 1 is 1.06 bits per heavy atom. The fraction of sp³-hybridized carbons (Fsp3) is 0.120. The van der Waals surface area contributed by atoms with Gasteiger partial charge in [-0.1, -0.05) is 24.3 Å². The van der Waals surface area contributed by atoms with Crippen molar-refractivity contribution in [1.82, 2.24) is 5.48 Å². The number of ether oxygens (including phenoxy) is 1. The van der Waals surface area contributed by atoms with Crippen LogP contribution in [0.15, 0.2) is 82.0 Å². The molecule has 7 nitrogen and oxygen atoms in total. The molecule has 7 heteroatoms. The van der Waals surface area contributed by atoms with Crippen LogP contribution in [0, 0.1) is 0 Å². The van der Waals surface area contributed by atoms with E-state index in [1.807, 2.05) is 60.5 Å². The molecule has 2 N–H and O–H groups in total. The van der Waals surface area contributed by atoms with E-state index in [0.717, 1.165) is 33.6 Å². The summed E-state index contributed by atoms with van der Waals surface area (Å²) >= 11 is 0. The van der Waals surface area contributed by atoms with Crippen molar-refractivity contribution < 1.29 is 19.2 Å². The molecule has 1 aromatic heterocycles. The van der Waals surface area contributed by atoms with Gasteiger partial charge in [-0.25, -0.2) is 10.3 Å². The number of hydroxylamine groups is 1. The minimum absolute atomic E-state index is 0.367. The van der Waals surface area contributed by atoms with E-state index in [0.29, 0.717) is 17.6 Å². The number of carbonyl (C=O) groups is 1. The van der Waals surface area contributed by atoms with Gasteiger partial charge >= 0.3 is 5.63 Å². The van der Waals surface area contributed by atoms with E-state index in [4.69, 9.17) is 14.4 Å². The van der Waals surface area contributed by atoms with Gasteiger partial charge in [0.2, 0.25) is 0 Å². The van der Waals surface area contributed by atoms with Gasteiger partial charge in [0.05, 0.1) is 12.8 Å². The molecule has 0 saturated carbocycles. The number of hydrogen-bond acceptors (Lipinski definition) is 6. The Hall–Kier alpha value is -4.10. The molecule has 4 aromatic rings. The summed E-state index contributed by atoms with van der Waals surface area (Å²) in [5.74, 6) is 0.175. The van der Waals surface area contributed by atoms with Crippen LogP contribution in [0.5, 0.6) is 5.75 Å². The molecule has 0 spiro atoms. The summed E-state index contributed by atoms with van der Waals surface area (Å²) in [5.41, 5.74) is 5.66. The number of nitrogens with zero attached hydrogens (tertiary/aromatic N) is 1. The van der Waals surface area contributed by atoms with Crippen molar-refractivity contribution in [2.45, 2.75) is 6.42 Å². The van der Waals surface area contributed by atoms with Gasteiger partial charge in [0.1, 0.15) is 11.3 Å². The largest absolute Gasteiger partial charge is 0.496 e. The number of anilines is 2. The van der Waals surface area contributed by atoms with Crippen molar-refractivity contribution in [1.29, 1.82) is 0 Å². The van der Waals surface area contributed by atoms with Crippen LogP contribution in [0.3, 0.4) is 0 Å². The first kappa shape index (κ1) is 21.1. The van der Waals surface area contributed by atoms with E-state index in [2.05, 4.69) is 0 Å². The topological polar surface area (TPSA) is 92.0 Å². The van der Waals surface area contributed by atoms with Crippen molar-refractivity contribution in [2.75, 3.05) is 19.1 Å². The molecule has 4 rings (SSSR count). The third-order valence-corrected chi connectivity index (χ3v) is 5.35. The zero-order chi connectivity index (χ0) is 22.7. The van der Waals surface area contributed by atoms with Crippen LogP contribution in [0.4, 0.5) is 11.4 Å². The number of hydrogen-bond donors (Lipinski definition) is 2. The lowest BCUT2D eigenvalue weighted by atomic mass is 10.0. The maximum absolute atomic E-state index is 12.1. The number of para-hydroxylation sites is 1. The number of rotatable bonds is 6. The first-order valence-corrected chi connectivity index (χ1v) is 9.97. The smallest absolute Gasteiger partial charge is 0.338 e. The summed E-state index contributed by atoms with van der Waals surface area (Å²) in [5, 5.41) is 9.61. The van der Waals surface area contributed by atoms with Crippen LogP contribution >= 0.6 is 0 Å². The molecule has 162 valence electrons. The fourth-order valence-electron chi connectivity index (χ4n) is 3.68. The monoisotopic (exact) mass is 430 g/mol. The van der Waals surface area contributed by atoms with E-state index >= 15 is 0 Å². The second kappa shape index (κ2) is 8.95. The minimum atomic E-state index is -0.558. The standard InChI is InChI=1S/C25H22N2O5/c1-27(21-15-24(28)32-23-6-4-3-5-20(21)23)19-11-12-22(31-2)18(14-19)13-16-7-9-17(10-8-16)25(29)26-30/h3-12,14-15,30H,13H2,1-2H3,(H,26,29). The molecule has 0 aliphatic carbocycles. The molecular formula is C25H22N2O5. The summed E-state index contributed by atoms with van der Waals surface area (Å²) in [6, 6.07) is 21.7. The molecular weight excluding hydrogens is 408 g/mol. The van der Waals surface area contributed by atoms with Gasteiger partial charge in [-0.3, -0.25) is 10.0 Å². The molecule has 0 radical (unpaired) electrons. The predicted octanol–water partition coefficient (Wildman–Crippen LogP) is 4.28. The zero-order valence-electron chi connectivity index (χ0n) is 17.7. The summed E-state index contributed by atoms with van der Waals surface area (Å²) in [7, 11) is 3.52. The van der Waals surface area contributed by atoms with Crippen molar-refractivity contribution in [3.05, 3.63) is 99.9 Å². The van der Waals surface area contributed by atoms with Gasteiger partial charge in [-0.2, -0.15) is 0 Å². The van der Waals surface area contributed by atoms with E-state index in [-0.39, 0.29) is 0 Å².